The van der Waals surface area contributed by atoms with Crippen molar-refractivity contribution in [2.45, 2.75) is 231 Å². The van der Waals surface area contributed by atoms with Crippen molar-refractivity contribution in [1.82, 2.24) is 5.32 Å². The van der Waals surface area contributed by atoms with Gasteiger partial charge in [0.2, 0.25) is 5.91 Å². The second-order valence-corrected chi connectivity index (χ2v) is 14.4. The van der Waals surface area contributed by atoms with Crippen LogP contribution in [0.5, 0.6) is 0 Å². The third kappa shape index (κ3) is 35.9. The number of hydrogen-bond donors (Lipinski definition) is 3. The van der Waals surface area contributed by atoms with Crippen LogP contribution >= 0.6 is 0 Å². The first-order valence-corrected chi connectivity index (χ1v) is 21.2. The summed E-state index contributed by atoms with van der Waals surface area (Å²) >= 11 is 0. The van der Waals surface area contributed by atoms with E-state index in [2.05, 4.69) is 43.5 Å². The number of aliphatic hydroxyl groups is 2. The predicted octanol–water partition coefficient (Wildman–Crippen LogP) is 13.0. The molecular formula is C44H83NO3. The summed E-state index contributed by atoms with van der Waals surface area (Å²) in [6.45, 7) is 4.28. The summed E-state index contributed by atoms with van der Waals surface area (Å²) in [5.74, 6) is -0.0763. The lowest BCUT2D eigenvalue weighted by Gasteiger charge is -2.19. The first-order chi connectivity index (χ1) is 23.7. The van der Waals surface area contributed by atoms with Gasteiger partial charge in [-0.05, 0) is 44.9 Å². The molecule has 0 spiro atoms. The standard InChI is InChI=1S/C44H83NO3/c1-3-5-7-9-11-13-15-17-19-20-21-22-23-24-25-26-28-30-32-34-36-38-40-44(48)45-42(41-46)43(47)39-37-35-33-31-29-27-18-16-14-12-10-8-6-4-2/h14,16,29,31,37,39,42-43,46-47H,3-13,15,17-28,30,32-36,38,40-41H2,1-2H3,(H,45,48)/b16-14+,31-29+,39-37+. The summed E-state index contributed by atoms with van der Waals surface area (Å²) in [5, 5.41) is 22.9. The fourth-order valence-electron chi connectivity index (χ4n) is 6.33. The number of carbonyl (C=O) groups excluding carboxylic acids is 1. The first kappa shape index (κ1) is 46.6. The molecule has 0 fully saturated rings. The van der Waals surface area contributed by atoms with Gasteiger partial charge in [-0.3, -0.25) is 4.79 Å². The molecule has 0 aliphatic rings. The molecular weight excluding hydrogens is 590 g/mol. The first-order valence-electron chi connectivity index (χ1n) is 21.2. The molecule has 0 saturated carbocycles. The van der Waals surface area contributed by atoms with Gasteiger partial charge in [0, 0.05) is 6.42 Å². The number of unbranched alkanes of at least 4 members (excludes halogenated alkanes) is 27. The number of amides is 1. The van der Waals surface area contributed by atoms with Crippen LogP contribution in [0, 0.1) is 0 Å². The smallest absolute Gasteiger partial charge is 0.220 e. The van der Waals surface area contributed by atoms with Crippen molar-refractivity contribution in [2.75, 3.05) is 6.61 Å². The molecule has 0 heterocycles. The fourth-order valence-corrected chi connectivity index (χ4v) is 6.33. The van der Waals surface area contributed by atoms with Gasteiger partial charge >= 0.3 is 0 Å². The monoisotopic (exact) mass is 674 g/mol. The number of nitrogens with one attached hydrogen (secondary N) is 1. The molecule has 0 aromatic rings. The Hall–Kier alpha value is -1.39. The van der Waals surface area contributed by atoms with Crippen LogP contribution in [0.15, 0.2) is 36.5 Å². The second kappa shape index (κ2) is 40.0. The Balaban J connectivity index is 3.57. The molecule has 0 aromatic carbocycles. The van der Waals surface area contributed by atoms with Gasteiger partial charge in [-0.25, -0.2) is 0 Å². The zero-order valence-corrected chi connectivity index (χ0v) is 32.3. The highest BCUT2D eigenvalue weighted by molar-refractivity contribution is 5.76. The number of aliphatic hydroxyl groups excluding tert-OH is 2. The van der Waals surface area contributed by atoms with Crippen molar-refractivity contribution < 1.29 is 15.0 Å². The quantitative estimate of drug-likeness (QED) is 0.0451. The van der Waals surface area contributed by atoms with E-state index in [4.69, 9.17) is 0 Å². The number of carbonyl (C=O) groups is 1. The Kier molecular flexibility index (Phi) is 38.9. The molecule has 4 nitrogen and oxygen atoms in total. The Morgan fingerprint density at radius 1 is 0.479 bits per heavy atom. The lowest BCUT2D eigenvalue weighted by Crippen LogP contribution is -2.45. The normalized spacial score (nSPS) is 13.3. The summed E-state index contributed by atoms with van der Waals surface area (Å²) in [6, 6.07) is -0.641. The largest absolute Gasteiger partial charge is 0.394 e. The lowest BCUT2D eigenvalue weighted by atomic mass is 10.0. The van der Waals surface area contributed by atoms with E-state index in [1.165, 1.54) is 161 Å². The molecule has 0 aliphatic carbocycles. The molecule has 4 heteroatoms. The van der Waals surface area contributed by atoms with Crippen molar-refractivity contribution in [1.29, 1.82) is 0 Å². The Bertz CT molecular complexity index is 731. The third-order valence-corrected chi connectivity index (χ3v) is 9.60. The Labute approximate surface area is 300 Å². The Morgan fingerprint density at radius 3 is 1.21 bits per heavy atom. The molecule has 0 saturated heterocycles. The number of rotatable bonds is 38. The van der Waals surface area contributed by atoms with Crippen molar-refractivity contribution >= 4 is 5.91 Å². The van der Waals surface area contributed by atoms with Gasteiger partial charge in [-0.15, -0.1) is 0 Å². The average Bonchev–Trinajstić information content (AvgIpc) is 3.09. The van der Waals surface area contributed by atoms with Crippen LogP contribution in [0.4, 0.5) is 0 Å². The van der Waals surface area contributed by atoms with Crippen molar-refractivity contribution in [3.63, 3.8) is 0 Å². The summed E-state index contributed by atoms with van der Waals surface area (Å²) in [7, 11) is 0. The molecule has 0 bridgehead atoms. The second-order valence-electron chi connectivity index (χ2n) is 14.4. The highest BCUT2D eigenvalue weighted by atomic mass is 16.3. The van der Waals surface area contributed by atoms with Gasteiger partial charge in [0.1, 0.15) is 0 Å². The molecule has 0 aliphatic heterocycles. The van der Waals surface area contributed by atoms with E-state index in [0.717, 1.165) is 38.5 Å². The SMILES string of the molecule is CCCCCC/C=C/CC/C=C/CC/C=C/C(O)C(CO)NC(=O)CCCCCCCCCCCCCCCCCCCCCCCC. The van der Waals surface area contributed by atoms with Gasteiger partial charge in [-0.1, -0.05) is 204 Å². The number of hydrogen-bond acceptors (Lipinski definition) is 3. The average molecular weight is 674 g/mol. The summed E-state index contributed by atoms with van der Waals surface area (Å²) in [5.41, 5.74) is 0. The van der Waals surface area contributed by atoms with Gasteiger partial charge in [-0.2, -0.15) is 0 Å². The lowest BCUT2D eigenvalue weighted by molar-refractivity contribution is -0.123. The van der Waals surface area contributed by atoms with Gasteiger partial charge < -0.3 is 15.5 Å². The van der Waals surface area contributed by atoms with E-state index < -0.39 is 12.1 Å². The van der Waals surface area contributed by atoms with Crippen LogP contribution < -0.4 is 5.32 Å². The molecule has 2 atom stereocenters. The third-order valence-electron chi connectivity index (χ3n) is 9.60. The van der Waals surface area contributed by atoms with E-state index in [0.29, 0.717) is 6.42 Å². The van der Waals surface area contributed by atoms with E-state index in [9.17, 15) is 15.0 Å². The Morgan fingerprint density at radius 2 is 0.812 bits per heavy atom. The minimum absolute atomic E-state index is 0.0763. The molecule has 0 radical (unpaired) electrons. The highest BCUT2D eigenvalue weighted by Crippen LogP contribution is 2.15. The molecule has 0 rings (SSSR count). The van der Waals surface area contributed by atoms with E-state index in [1.807, 2.05) is 6.08 Å². The maximum absolute atomic E-state index is 12.4. The van der Waals surface area contributed by atoms with Gasteiger partial charge in [0.05, 0.1) is 18.8 Å². The maximum atomic E-state index is 12.4. The summed E-state index contributed by atoms with van der Waals surface area (Å²) < 4.78 is 0. The van der Waals surface area contributed by atoms with Crippen LogP contribution in [-0.2, 0) is 4.79 Å². The van der Waals surface area contributed by atoms with E-state index in [-0.39, 0.29) is 12.5 Å². The molecule has 0 aromatic heterocycles. The van der Waals surface area contributed by atoms with Gasteiger partial charge in [0.25, 0.3) is 0 Å². The van der Waals surface area contributed by atoms with Crippen LogP contribution in [0.2, 0.25) is 0 Å². The zero-order valence-electron chi connectivity index (χ0n) is 32.3. The topological polar surface area (TPSA) is 69.6 Å². The summed E-state index contributed by atoms with van der Waals surface area (Å²) in [6.07, 6.45) is 52.5. The zero-order chi connectivity index (χ0) is 35.0. The predicted molar refractivity (Wildman–Crippen MR) is 212 cm³/mol. The molecule has 2 unspecified atom stereocenters. The number of allylic oxidation sites excluding steroid dienone is 5. The molecule has 282 valence electrons. The minimum Gasteiger partial charge on any atom is -0.394 e. The fraction of sp³-hybridized carbons (Fsp3) is 0.841. The van der Waals surface area contributed by atoms with Crippen LogP contribution in [-0.4, -0.2) is 34.9 Å². The van der Waals surface area contributed by atoms with Crippen LogP contribution in [0.1, 0.15) is 219 Å². The highest BCUT2D eigenvalue weighted by Gasteiger charge is 2.17. The van der Waals surface area contributed by atoms with Crippen LogP contribution in [0.25, 0.3) is 0 Å². The van der Waals surface area contributed by atoms with E-state index in [1.54, 1.807) is 6.08 Å². The van der Waals surface area contributed by atoms with Crippen LogP contribution in [0.3, 0.4) is 0 Å². The van der Waals surface area contributed by atoms with E-state index >= 15 is 0 Å². The molecule has 3 N–H and O–H groups in total. The van der Waals surface area contributed by atoms with Crippen molar-refractivity contribution in [3.8, 4) is 0 Å². The maximum Gasteiger partial charge on any atom is 0.220 e. The van der Waals surface area contributed by atoms with Crippen molar-refractivity contribution in [2.24, 2.45) is 0 Å². The minimum atomic E-state index is -0.866. The summed E-state index contributed by atoms with van der Waals surface area (Å²) in [4.78, 5) is 12.4. The van der Waals surface area contributed by atoms with Crippen molar-refractivity contribution in [3.05, 3.63) is 36.5 Å². The van der Waals surface area contributed by atoms with Gasteiger partial charge in [0.15, 0.2) is 0 Å². The molecule has 48 heavy (non-hydrogen) atoms. The molecule has 1 amide bonds.